The van der Waals surface area contributed by atoms with Crippen LogP contribution in [0.15, 0.2) is 24.3 Å². The third-order valence-corrected chi connectivity index (χ3v) is 2.75. The Morgan fingerprint density at radius 1 is 1.41 bits per heavy atom. The predicted octanol–water partition coefficient (Wildman–Crippen LogP) is 2.02. The van der Waals surface area contributed by atoms with Gasteiger partial charge in [-0.2, -0.15) is 5.90 Å². The van der Waals surface area contributed by atoms with E-state index >= 15 is 0 Å². The molecule has 0 saturated heterocycles. The quantitative estimate of drug-likeness (QED) is 0.795. The second kappa shape index (κ2) is 6.25. The lowest BCUT2D eigenvalue weighted by Gasteiger charge is -2.29. The summed E-state index contributed by atoms with van der Waals surface area (Å²) in [6.45, 7) is 6.69. The summed E-state index contributed by atoms with van der Waals surface area (Å²) in [6, 6.07) is 7.69. The zero-order chi connectivity index (χ0) is 12.8. The number of hydrogen-bond acceptors (Lipinski definition) is 4. The van der Waals surface area contributed by atoms with Gasteiger partial charge in [-0.05, 0) is 32.4 Å². The molecule has 0 fully saturated rings. The monoisotopic (exact) mass is 236 g/mol. The van der Waals surface area contributed by atoms with Crippen LogP contribution >= 0.6 is 0 Å². The van der Waals surface area contributed by atoms with E-state index in [9.17, 15) is 4.79 Å². The Labute approximate surface area is 102 Å². The first-order chi connectivity index (χ1) is 8.10. The van der Waals surface area contributed by atoms with Gasteiger partial charge in [0.15, 0.2) is 0 Å². The fraction of sp³-hybridized carbons (Fsp3) is 0.462. The summed E-state index contributed by atoms with van der Waals surface area (Å²) in [5.74, 6) is 4.52. The highest BCUT2D eigenvalue weighted by Crippen LogP contribution is 2.18. The zero-order valence-electron chi connectivity index (χ0n) is 10.6. The summed E-state index contributed by atoms with van der Waals surface area (Å²) >= 11 is 0. The van der Waals surface area contributed by atoms with Crippen molar-refractivity contribution in [3.8, 4) is 0 Å². The Balaban J connectivity index is 2.92. The SMILES string of the molecule is CCCN(c1ccc(C)cc1)C(C)C(=O)ON. The Morgan fingerprint density at radius 2 is 2.00 bits per heavy atom. The van der Waals surface area contributed by atoms with E-state index in [4.69, 9.17) is 5.90 Å². The molecule has 0 amide bonds. The molecular formula is C13H20N2O2. The van der Waals surface area contributed by atoms with Crippen LogP contribution in [0.25, 0.3) is 0 Å². The number of benzene rings is 1. The standard InChI is InChI=1S/C13H20N2O2/c1-4-9-15(11(3)13(16)17-14)12-7-5-10(2)6-8-12/h5-8,11H,4,9,14H2,1-3H3. The van der Waals surface area contributed by atoms with E-state index in [1.165, 1.54) is 5.56 Å². The largest absolute Gasteiger partial charge is 0.372 e. The van der Waals surface area contributed by atoms with Crippen molar-refractivity contribution in [2.75, 3.05) is 11.4 Å². The molecule has 1 atom stereocenters. The maximum atomic E-state index is 11.5. The van der Waals surface area contributed by atoms with Crippen LogP contribution in [0.1, 0.15) is 25.8 Å². The van der Waals surface area contributed by atoms with Crippen LogP contribution in [0.2, 0.25) is 0 Å². The van der Waals surface area contributed by atoms with Crippen molar-refractivity contribution in [2.45, 2.75) is 33.2 Å². The Bertz CT molecular complexity index is 362. The molecule has 17 heavy (non-hydrogen) atoms. The van der Waals surface area contributed by atoms with E-state index in [0.717, 1.165) is 18.7 Å². The average molecular weight is 236 g/mol. The number of hydrogen-bond donors (Lipinski definition) is 1. The van der Waals surface area contributed by atoms with Gasteiger partial charge in [-0.1, -0.05) is 24.6 Å². The van der Waals surface area contributed by atoms with Gasteiger partial charge in [0, 0.05) is 12.2 Å². The maximum Gasteiger partial charge on any atom is 0.346 e. The second-order valence-electron chi connectivity index (χ2n) is 4.14. The van der Waals surface area contributed by atoms with Crippen LogP contribution in [0.3, 0.4) is 0 Å². The topological polar surface area (TPSA) is 55.6 Å². The number of nitrogens with two attached hydrogens (primary N) is 1. The van der Waals surface area contributed by atoms with Gasteiger partial charge in [0.25, 0.3) is 0 Å². The molecule has 2 N–H and O–H groups in total. The van der Waals surface area contributed by atoms with Crippen LogP contribution in [-0.4, -0.2) is 18.6 Å². The molecule has 0 aliphatic carbocycles. The van der Waals surface area contributed by atoms with Gasteiger partial charge in [0.1, 0.15) is 6.04 Å². The van der Waals surface area contributed by atoms with Crippen LogP contribution in [0, 0.1) is 6.92 Å². The molecule has 0 bridgehead atoms. The van der Waals surface area contributed by atoms with Crippen molar-refractivity contribution in [1.82, 2.24) is 0 Å². The average Bonchev–Trinajstić information content (AvgIpc) is 2.35. The Morgan fingerprint density at radius 3 is 2.47 bits per heavy atom. The van der Waals surface area contributed by atoms with Gasteiger partial charge in [-0.15, -0.1) is 0 Å². The van der Waals surface area contributed by atoms with Crippen LogP contribution in [0.4, 0.5) is 5.69 Å². The van der Waals surface area contributed by atoms with Gasteiger partial charge >= 0.3 is 5.97 Å². The first-order valence-electron chi connectivity index (χ1n) is 5.84. The summed E-state index contributed by atoms with van der Waals surface area (Å²) in [5.41, 5.74) is 2.20. The number of nitrogens with zero attached hydrogens (tertiary/aromatic N) is 1. The Kier molecular flexibility index (Phi) is 4.97. The van der Waals surface area contributed by atoms with Crippen LogP contribution in [-0.2, 0) is 9.63 Å². The molecule has 0 aromatic heterocycles. The minimum atomic E-state index is -0.418. The molecule has 0 spiro atoms. The summed E-state index contributed by atoms with van der Waals surface area (Å²) in [7, 11) is 0. The molecule has 0 aliphatic heterocycles. The van der Waals surface area contributed by atoms with Crippen molar-refractivity contribution >= 4 is 11.7 Å². The first-order valence-corrected chi connectivity index (χ1v) is 5.84. The first kappa shape index (κ1) is 13.5. The fourth-order valence-electron chi connectivity index (χ4n) is 1.75. The van der Waals surface area contributed by atoms with Crippen LogP contribution in [0.5, 0.6) is 0 Å². The zero-order valence-corrected chi connectivity index (χ0v) is 10.6. The molecular weight excluding hydrogens is 216 g/mol. The number of carbonyl (C=O) groups is 1. The number of carbonyl (C=O) groups excluding carboxylic acids is 1. The highest BCUT2D eigenvalue weighted by molar-refractivity contribution is 5.79. The third kappa shape index (κ3) is 3.46. The minimum Gasteiger partial charge on any atom is -0.372 e. The van der Waals surface area contributed by atoms with Crippen molar-refractivity contribution in [3.63, 3.8) is 0 Å². The molecule has 0 radical (unpaired) electrons. The Hall–Kier alpha value is -1.55. The lowest BCUT2D eigenvalue weighted by atomic mass is 10.1. The molecule has 0 heterocycles. The third-order valence-electron chi connectivity index (χ3n) is 2.75. The lowest BCUT2D eigenvalue weighted by Crippen LogP contribution is -2.41. The normalized spacial score (nSPS) is 12.0. The summed E-state index contributed by atoms with van der Waals surface area (Å²) in [4.78, 5) is 17.8. The molecule has 1 rings (SSSR count). The van der Waals surface area contributed by atoms with Crippen molar-refractivity contribution in [1.29, 1.82) is 0 Å². The van der Waals surface area contributed by atoms with Gasteiger partial charge in [0.05, 0.1) is 0 Å². The minimum absolute atomic E-state index is 0.373. The van der Waals surface area contributed by atoms with E-state index in [2.05, 4.69) is 11.8 Å². The molecule has 4 nitrogen and oxygen atoms in total. The number of anilines is 1. The van der Waals surface area contributed by atoms with E-state index in [1.807, 2.05) is 36.1 Å². The van der Waals surface area contributed by atoms with E-state index in [1.54, 1.807) is 6.92 Å². The van der Waals surface area contributed by atoms with E-state index in [-0.39, 0.29) is 6.04 Å². The summed E-state index contributed by atoms with van der Waals surface area (Å²) < 4.78 is 0. The molecule has 0 aliphatic rings. The molecule has 1 aromatic carbocycles. The molecule has 4 heteroatoms. The van der Waals surface area contributed by atoms with Gasteiger partial charge in [-0.25, -0.2) is 4.79 Å². The molecule has 1 aromatic rings. The molecule has 0 saturated carbocycles. The van der Waals surface area contributed by atoms with Gasteiger partial charge < -0.3 is 9.74 Å². The summed E-state index contributed by atoms with van der Waals surface area (Å²) in [5, 5.41) is 0. The predicted molar refractivity (Wildman–Crippen MR) is 68.6 cm³/mol. The highest BCUT2D eigenvalue weighted by atomic mass is 16.7. The fourth-order valence-corrected chi connectivity index (χ4v) is 1.75. The van der Waals surface area contributed by atoms with Gasteiger partial charge in [0.2, 0.25) is 0 Å². The lowest BCUT2D eigenvalue weighted by molar-refractivity contribution is -0.145. The van der Waals surface area contributed by atoms with E-state index in [0.29, 0.717) is 0 Å². The number of rotatable bonds is 5. The van der Waals surface area contributed by atoms with Gasteiger partial charge in [-0.3, -0.25) is 0 Å². The van der Waals surface area contributed by atoms with E-state index < -0.39 is 5.97 Å². The van der Waals surface area contributed by atoms with Crippen molar-refractivity contribution in [3.05, 3.63) is 29.8 Å². The van der Waals surface area contributed by atoms with Crippen molar-refractivity contribution < 1.29 is 9.63 Å². The smallest absolute Gasteiger partial charge is 0.346 e. The van der Waals surface area contributed by atoms with Crippen molar-refractivity contribution in [2.24, 2.45) is 5.90 Å². The second-order valence-corrected chi connectivity index (χ2v) is 4.14. The summed E-state index contributed by atoms with van der Waals surface area (Å²) in [6.07, 6.45) is 0.954. The molecule has 1 unspecified atom stereocenters. The maximum absolute atomic E-state index is 11.5. The number of aryl methyl sites for hydroxylation is 1. The highest BCUT2D eigenvalue weighted by Gasteiger charge is 2.21. The molecule has 94 valence electrons. The van der Waals surface area contributed by atoms with Crippen LogP contribution < -0.4 is 10.8 Å².